The molecule has 2 aromatic rings. The van der Waals surface area contributed by atoms with Crippen molar-refractivity contribution in [1.82, 2.24) is 19.5 Å². The third-order valence-corrected chi connectivity index (χ3v) is 2.60. The van der Waals surface area contributed by atoms with E-state index < -0.39 is 11.5 Å². The maximum absolute atomic E-state index is 11.9. The number of nitrogens with zero attached hydrogens (tertiary/aromatic N) is 4. The van der Waals surface area contributed by atoms with Crippen LogP contribution >= 0.6 is 0 Å². The number of hydrogen-bond donors (Lipinski definition) is 2. The summed E-state index contributed by atoms with van der Waals surface area (Å²) in [6.45, 7) is 1.65. The topological polar surface area (TPSA) is 110 Å². The minimum atomic E-state index is -0.774. The second kappa shape index (κ2) is 4.84. The standard InChI is InChI=1S/C11H11N5O3/c1-6-3-7(17)8(10(19)16(6)2)9(18)15-11-13-4-12-5-14-11/h3-5,17H,1-2H3,(H,12,13,14,15,18). The maximum atomic E-state index is 11.9. The minimum absolute atomic E-state index is 0.00188. The Hall–Kier alpha value is -2.77. The molecule has 2 aromatic heterocycles. The second-order valence-electron chi connectivity index (χ2n) is 3.83. The third kappa shape index (κ3) is 2.41. The van der Waals surface area contributed by atoms with Crippen molar-refractivity contribution in [2.75, 3.05) is 5.32 Å². The van der Waals surface area contributed by atoms with Crippen LogP contribution in [0.2, 0.25) is 0 Å². The van der Waals surface area contributed by atoms with Gasteiger partial charge in [0.1, 0.15) is 24.0 Å². The Bertz CT molecular complexity index is 681. The van der Waals surface area contributed by atoms with E-state index in [1.54, 1.807) is 6.92 Å². The van der Waals surface area contributed by atoms with Crippen LogP contribution in [-0.2, 0) is 7.05 Å². The van der Waals surface area contributed by atoms with Crippen LogP contribution in [0.15, 0.2) is 23.5 Å². The lowest BCUT2D eigenvalue weighted by molar-refractivity contribution is 0.102. The number of rotatable bonds is 2. The number of aryl methyl sites for hydroxylation is 1. The van der Waals surface area contributed by atoms with Gasteiger partial charge >= 0.3 is 0 Å². The number of aromatic nitrogens is 4. The first-order chi connectivity index (χ1) is 9.00. The number of carbonyl (C=O) groups excluding carboxylic acids is 1. The van der Waals surface area contributed by atoms with Crippen molar-refractivity contribution in [3.05, 3.63) is 40.3 Å². The molecule has 8 heteroatoms. The molecule has 0 radical (unpaired) electrons. The Morgan fingerprint density at radius 2 is 2.00 bits per heavy atom. The fraction of sp³-hybridized carbons (Fsp3) is 0.182. The summed E-state index contributed by atoms with van der Waals surface area (Å²) in [5.74, 6) is -1.15. The summed E-state index contributed by atoms with van der Waals surface area (Å²) in [7, 11) is 1.51. The molecule has 0 fully saturated rings. The molecule has 0 unspecified atom stereocenters. The summed E-state index contributed by atoms with van der Waals surface area (Å²) in [4.78, 5) is 34.9. The number of anilines is 1. The fourth-order valence-corrected chi connectivity index (χ4v) is 1.49. The van der Waals surface area contributed by atoms with Gasteiger partial charge in [-0.25, -0.2) is 15.0 Å². The summed E-state index contributed by atoms with van der Waals surface area (Å²) < 4.78 is 1.27. The Balaban J connectivity index is 2.40. The van der Waals surface area contributed by atoms with E-state index in [0.29, 0.717) is 5.69 Å². The molecule has 2 heterocycles. The van der Waals surface area contributed by atoms with Crippen molar-refractivity contribution in [3.63, 3.8) is 0 Å². The quantitative estimate of drug-likeness (QED) is 0.777. The fourth-order valence-electron chi connectivity index (χ4n) is 1.49. The van der Waals surface area contributed by atoms with Gasteiger partial charge in [0.25, 0.3) is 11.5 Å². The molecular weight excluding hydrogens is 250 g/mol. The molecule has 1 amide bonds. The van der Waals surface area contributed by atoms with Gasteiger partial charge in [-0.2, -0.15) is 0 Å². The molecule has 0 atom stereocenters. The predicted molar refractivity (Wildman–Crippen MR) is 65.9 cm³/mol. The van der Waals surface area contributed by atoms with E-state index in [0.717, 1.165) is 0 Å². The van der Waals surface area contributed by atoms with Gasteiger partial charge in [0.05, 0.1) is 0 Å². The molecule has 0 spiro atoms. The van der Waals surface area contributed by atoms with Crippen LogP contribution in [0.5, 0.6) is 5.75 Å². The highest BCUT2D eigenvalue weighted by Gasteiger charge is 2.19. The Morgan fingerprint density at radius 3 is 2.63 bits per heavy atom. The molecule has 19 heavy (non-hydrogen) atoms. The summed E-state index contributed by atoms with van der Waals surface area (Å²) in [6, 6.07) is 1.34. The van der Waals surface area contributed by atoms with E-state index in [2.05, 4.69) is 20.3 Å². The van der Waals surface area contributed by atoms with Gasteiger partial charge in [0.15, 0.2) is 0 Å². The molecule has 0 saturated heterocycles. The predicted octanol–water partition coefficient (Wildman–Crippen LogP) is -0.163. The van der Waals surface area contributed by atoms with Crippen LogP contribution in [0.3, 0.4) is 0 Å². The summed E-state index contributed by atoms with van der Waals surface area (Å²) >= 11 is 0. The van der Waals surface area contributed by atoms with Gasteiger partial charge in [0.2, 0.25) is 5.95 Å². The van der Waals surface area contributed by atoms with Gasteiger partial charge in [-0.05, 0) is 6.92 Å². The number of amides is 1. The molecule has 0 aliphatic heterocycles. The molecule has 2 rings (SSSR count). The first-order valence-corrected chi connectivity index (χ1v) is 5.33. The van der Waals surface area contributed by atoms with Gasteiger partial charge in [-0.1, -0.05) is 0 Å². The zero-order valence-electron chi connectivity index (χ0n) is 10.3. The van der Waals surface area contributed by atoms with E-state index in [4.69, 9.17) is 0 Å². The molecule has 0 aromatic carbocycles. The molecule has 98 valence electrons. The van der Waals surface area contributed by atoms with Gasteiger partial charge in [-0.3, -0.25) is 14.9 Å². The van der Waals surface area contributed by atoms with Crippen molar-refractivity contribution in [2.24, 2.45) is 7.05 Å². The first-order valence-electron chi connectivity index (χ1n) is 5.33. The Morgan fingerprint density at radius 1 is 1.37 bits per heavy atom. The summed E-state index contributed by atoms with van der Waals surface area (Å²) in [6.07, 6.45) is 2.41. The van der Waals surface area contributed by atoms with E-state index in [-0.39, 0.29) is 17.3 Å². The molecule has 2 N–H and O–H groups in total. The average molecular weight is 261 g/mol. The lowest BCUT2D eigenvalue weighted by Gasteiger charge is -2.09. The van der Waals surface area contributed by atoms with Crippen LogP contribution in [-0.4, -0.2) is 30.5 Å². The number of nitrogens with one attached hydrogen (secondary N) is 1. The van der Waals surface area contributed by atoms with Crippen molar-refractivity contribution in [2.45, 2.75) is 6.92 Å². The zero-order valence-corrected chi connectivity index (χ0v) is 10.3. The van der Waals surface area contributed by atoms with Crippen LogP contribution in [0.25, 0.3) is 0 Å². The van der Waals surface area contributed by atoms with E-state index in [1.807, 2.05) is 0 Å². The van der Waals surface area contributed by atoms with Crippen LogP contribution < -0.4 is 10.9 Å². The summed E-state index contributed by atoms with van der Waals surface area (Å²) in [5.41, 5.74) is -0.406. The van der Waals surface area contributed by atoms with Gasteiger partial charge in [-0.15, -0.1) is 0 Å². The van der Waals surface area contributed by atoms with Crippen molar-refractivity contribution in [3.8, 4) is 5.75 Å². The highest BCUT2D eigenvalue weighted by molar-refractivity contribution is 6.04. The van der Waals surface area contributed by atoms with Crippen LogP contribution in [0.1, 0.15) is 16.1 Å². The monoisotopic (exact) mass is 261 g/mol. The smallest absolute Gasteiger partial charge is 0.267 e. The third-order valence-electron chi connectivity index (χ3n) is 2.60. The Labute approximate surface area is 107 Å². The first kappa shape index (κ1) is 12.7. The molecule has 0 aliphatic carbocycles. The van der Waals surface area contributed by atoms with E-state index >= 15 is 0 Å². The number of pyridine rings is 1. The summed E-state index contributed by atoms with van der Waals surface area (Å²) in [5, 5.41) is 12.0. The highest BCUT2D eigenvalue weighted by atomic mass is 16.3. The zero-order chi connectivity index (χ0) is 14.0. The lowest BCUT2D eigenvalue weighted by atomic mass is 10.2. The average Bonchev–Trinajstić information content (AvgIpc) is 2.37. The van der Waals surface area contributed by atoms with E-state index in [1.165, 1.54) is 30.3 Å². The minimum Gasteiger partial charge on any atom is -0.507 e. The van der Waals surface area contributed by atoms with Crippen LogP contribution in [0.4, 0.5) is 5.95 Å². The maximum Gasteiger partial charge on any atom is 0.267 e. The Kier molecular flexibility index (Phi) is 3.23. The van der Waals surface area contributed by atoms with E-state index in [9.17, 15) is 14.7 Å². The highest BCUT2D eigenvalue weighted by Crippen LogP contribution is 2.15. The molecule has 0 aliphatic rings. The molecule has 8 nitrogen and oxygen atoms in total. The molecular formula is C11H11N5O3. The number of carbonyl (C=O) groups is 1. The van der Waals surface area contributed by atoms with Gasteiger partial charge < -0.3 is 9.67 Å². The number of aromatic hydroxyl groups is 1. The molecule has 0 bridgehead atoms. The molecule has 0 saturated carbocycles. The lowest BCUT2D eigenvalue weighted by Crippen LogP contribution is -2.29. The van der Waals surface area contributed by atoms with Crippen LogP contribution in [0, 0.1) is 6.92 Å². The van der Waals surface area contributed by atoms with Crippen molar-refractivity contribution in [1.29, 1.82) is 0 Å². The largest absolute Gasteiger partial charge is 0.507 e. The number of hydrogen-bond acceptors (Lipinski definition) is 6. The second-order valence-corrected chi connectivity index (χ2v) is 3.83. The van der Waals surface area contributed by atoms with Crippen molar-refractivity contribution < 1.29 is 9.90 Å². The SMILES string of the molecule is Cc1cc(O)c(C(=O)Nc2ncncn2)c(=O)n1C. The van der Waals surface area contributed by atoms with Gasteiger partial charge in [0, 0.05) is 18.8 Å². The normalized spacial score (nSPS) is 10.2. The van der Waals surface area contributed by atoms with Crippen molar-refractivity contribution >= 4 is 11.9 Å².